The van der Waals surface area contributed by atoms with E-state index in [0.29, 0.717) is 5.69 Å². The first-order valence-corrected chi connectivity index (χ1v) is 2.99. The fourth-order valence-electron chi connectivity index (χ4n) is 0.757. The summed E-state index contributed by atoms with van der Waals surface area (Å²) in [6, 6.07) is 2.98. The highest BCUT2D eigenvalue weighted by molar-refractivity contribution is 5.48. The Bertz CT molecular complexity index is 255. The Labute approximate surface area is 59.2 Å². The Hall–Kier alpha value is -1.18. The number of aromatic nitrogens is 1. The zero-order valence-corrected chi connectivity index (χ0v) is 5.76. The van der Waals surface area contributed by atoms with E-state index in [9.17, 15) is 4.39 Å². The predicted octanol–water partition coefficient (Wildman–Crippen LogP) is 2.17. The van der Waals surface area contributed by atoms with Crippen molar-refractivity contribution in [3.8, 4) is 0 Å². The van der Waals surface area contributed by atoms with Crippen molar-refractivity contribution in [2.75, 3.05) is 0 Å². The van der Waals surface area contributed by atoms with E-state index in [1.807, 2.05) is 0 Å². The zero-order valence-electron chi connectivity index (χ0n) is 5.76. The standard InChI is InChI=1S/C8H8FN/c1-3-7-4-5-8(9)10-6(7)2/h3-5H,1H2,2H3. The molecular formula is C8H8FN. The van der Waals surface area contributed by atoms with E-state index in [0.717, 1.165) is 5.56 Å². The second-order valence-electron chi connectivity index (χ2n) is 2.01. The maximum atomic E-state index is 12.3. The number of halogens is 1. The summed E-state index contributed by atoms with van der Waals surface area (Å²) in [6.45, 7) is 5.31. The van der Waals surface area contributed by atoms with Gasteiger partial charge < -0.3 is 0 Å². The van der Waals surface area contributed by atoms with Gasteiger partial charge in [0, 0.05) is 5.69 Å². The number of nitrogens with zero attached hydrogens (tertiary/aromatic N) is 1. The normalized spacial score (nSPS) is 9.40. The minimum atomic E-state index is -0.442. The van der Waals surface area contributed by atoms with Crippen LogP contribution in [0.1, 0.15) is 11.3 Å². The van der Waals surface area contributed by atoms with Crippen molar-refractivity contribution >= 4 is 6.08 Å². The van der Waals surface area contributed by atoms with E-state index in [4.69, 9.17) is 0 Å². The molecule has 52 valence electrons. The third kappa shape index (κ3) is 1.21. The zero-order chi connectivity index (χ0) is 7.56. The molecule has 0 saturated carbocycles. The van der Waals surface area contributed by atoms with Gasteiger partial charge in [-0.05, 0) is 24.6 Å². The molecule has 0 unspecified atom stereocenters. The molecule has 0 N–H and O–H groups in total. The summed E-state index contributed by atoms with van der Waals surface area (Å²) >= 11 is 0. The smallest absolute Gasteiger partial charge is 0.213 e. The molecule has 0 aromatic carbocycles. The molecule has 1 aromatic heterocycles. The van der Waals surface area contributed by atoms with E-state index in [2.05, 4.69) is 11.6 Å². The summed E-state index contributed by atoms with van der Waals surface area (Å²) in [7, 11) is 0. The van der Waals surface area contributed by atoms with Gasteiger partial charge in [-0.2, -0.15) is 4.39 Å². The monoisotopic (exact) mass is 137 g/mol. The lowest BCUT2D eigenvalue weighted by atomic mass is 10.2. The van der Waals surface area contributed by atoms with Gasteiger partial charge in [0.15, 0.2) is 0 Å². The van der Waals surface area contributed by atoms with Crippen LogP contribution in [0, 0.1) is 12.9 Å². The van der Waals surface area contributed by atoms with Crippen molar-refractivity contribution < 1.29 is 4.39 Å². The molecule has 10 heavy (non-hydrogen) atoms. The molecule has 0 spiro atoms. The van der Waals surface area contributed by atoms with Gasteiger partial charge in [0.1, 0.15) is 0 Å². The minimum Gasteiger partial charge on any atom is -0.225 e. The Morgan fingerprint density at radius 1 is 1.60 bits per heavy atom. The molecule has 1 aromatic rings. The molecule has 1 nitrogen and oxygen atoms in total. The molecule has 1 heterocycles. The second kappa shape index (κ2) is 2.60. The lowest BCUT2D eigenvalue weighted by Gasteiger charge is -1.96. The largest absolute Gasteiger partial charge is 0.225 e. The Kier molecular flexibility index (Phi) is 1.81. The molecule has 0 fully saturated rings. The van der Waals surface area contributed by atoms with Crippen LogP contribution in [-0.4, -0.2) is 4.98 Å². The van der Waals surface area contributed by atoms with E-state index >= 15 is 0 Å². The summed E-state index contributed by atoms with van der Waals surface area (Å²) in [5.41, 5.74) is 1.55. The van der Waals surface area contributed by atoms with Gasteiger partial charge in [-0.25, -0.2) is 4.98 Å². The van der Waals surface area contributed by atoms with E-state index in [1.165, 1.54) is 6.07 Å². The van der Waals surface area contributed by atoms with Gasteiger partial charge in [0.25, 0.3) is 0 Å². The van der Waals surface area contributed by atoms with Gasteiger partial charge in [0.05, 0.1) is 0 Å². The summed E-state index contributed by atoms with van der Waals surface area (Å²) < 4.78 is 12.3. The number of pyridine rings is 1. The molecule has 0 aliphatic heterocycles. The lowest BCUT2D eigenvalue weighted by molar-refractivity contribution is 0.580. The van der Waals surface area contributed by atoms with Gasteiger partial charge in [0.2, 0.25) is 5.95 Å². The summed E-state index contributed by atoms with van der Waals surface area (Å²) in [4.78, 5) is 3.61. The van der Waals surface area contributed by atoms with Gasteiger partial charge in [-0.3, -0.25) is 0 Å². The second-order valence-corrected chi connectivity index (χ2v) is 2.01. The van der Waals surface area contributed by atoms with E-state index in [-0.39, 0.29) is 0 Å². The maximum absolute atomic E-state index is 12.3. The maximum Gasteiger partial charge on any atom is 0.213 e. The molecule has 0 amide bonds. The first kappa shape index (κ1) is 6.93. The van der Waals surface area contributed by atoms with Crippen molar-refractivity contribution in [1.82, 2.24) is 4.98 Å². The van der Waals surface area contributed by atoms with Gasteiger partial charge >= 0.3 is 0 Å². The summed E-state index contributed by atoms with van der Waals surface area (Å²) in [5, 5.41) is 0. The topological polar surface area (TPSA) is 12.9 Å². The Balaban J connectivity index is 3.19. The lowest BCUT2D eigenvalue weighted by Crippen LogP contribution is -1.88. The van der Waals surface area contributed by atoms with Crippen LogP contribution in [0.25, 0.3) is 6.08 Å². The minimum absolute atomic E-state index is 0.442. The van der Waals surface area contributed by atoms with Crippen LogP contribution in [-0.2, 0) is 0 Å². The molecule has 0 aliphatic rings. The summed E-state index contributed by atoms with van der Waals surface area (Å²) in [6.07, 6.45) is 1.65. The van der Waals surface area contributed by atoms with Gasteiger partial charge in [-0.15, -0.1) is 0 Å². The number of aryl methyl sites for hydroxylation is 1. The third-order valence-corrected chi connectivity index (χ3v) is 1.31. The van der Waals surface area contributed by atoms with Crippen LogP contribution in [0.2, 0.25) is 0 Å². The van der Waals surface area contributed by atoms with E-state index in [1.54, 1.807) is 19.1 Å². The number of rotatable bonds is 1. The van der Waals surface area contributed by atoms with Crippen molar-refractivity contribution in [2.24, 2.45) is 0 Å². The van der Waals surface area contributed by atoms with Gasteiger partial charge in [-0.1, -0.05) is 12.7 Å². The van der Waals surface area contributed by atoms with Crippen molar-refractivity contribution in [3.63, 3.8) is 0 Å². The Morgan fingerprint density at radius 2 is 2.30 bits per heavy atom. The highest BCUT2D eigenvalue weighted by Crippen LogP contribution is 2.06. The van der Waals surface area contributed by atoms with Crippen LogP contribution >= 0.6 is 0 Å². The average Bonchev–Trinajstić information content (AvgIpc) is 1.88. The van der Waals surface area contributed by atoms with Crippen molar-refractivity contribution in [2.45, 2.75) is 6.92 Å². The van der Waals surface area contributed by atoms with Crippen molar-refractivity contribution in [1.29, 1.82) is 0 Å². The molecule has 0 atom stereocenters. The highest BCUT2D eigenvalue weighted by atomic mass is 19.1. The molecule has 1 rings (SSSR count). The van der Waals surface area contributed by atoms with Crippen LogP contribution in [0.15, 0.2) is 18.7 Å². The van der Waals surface area contributed by atoms with E-state index < -0.39 is 5.95 Å². The fourth-order valence-corrected chi connectivity index (χ4v) is 0.757. The molecule has 2 heteroatoms. The average molecular weight is 137 g/mol. The molecule has 0 radical (unpaired) electrons. The van der Waals surface area contributed by atoms with Crippen LogP contribution in [0.4, 0.5) is 4.39 Å². The van der Waals surface area contributed by atoms with Crippen LogP contribution in [0.5, 0.6) is 0 Å². The molecular weight excluding hydrogens is 129 g/mol. The van der Waals surface area contributed by atoms with Crippen molar-refractivity contribution in [3.05, 3.63) is 35.9 Å². The Morgan fingerprint density at radius 3 is 2.80 bits per heavy atom. The fraction of sp³-hybridized carbons (Fsp3) is 0.125. The molecule has 0 bridgehead atoms. The SMILES string of the molecule is C=Cc1ccc(F)nc1C. The summed E-state index contributed by atoms with van der Waals surface area (Å²) in [5.74, 6) is -0.442. The number of hydrogen-bond acceptors (Lipinski definition) is 1. The first-order chi connectivity index (χ1) is 4.74. The molecule has 0 aliphatic carbocycles. The first-order valence-electron chi connectivity index (χ1n) is 2.99. The third-order valence-electron chi connectivity index (χ3n) is 1.31. The molecule has 0 saturated heterocycles. The highest BCUT2D eigenvalue weighted by Gasteiger charge is 1.95. The number of hydrogen-bond donors (Lipinski definition) is 0. The van der Waals surface area contributed by atoms with Crippen LogP contribution < -0.4 is 0 Å². The predicted molar refractivity (Wildman–Crippen MR) is 39.0 cm³/mol. The van der Waals surface area contributed by atoms with Crippen LogP contribution in [0.3, 0.4) is 0 Å². The quantitative estimate of drug-likeness (QED) is 0.540.